The number of rotatable bonds is 3. The zero-order valence-electron chi connectivity index (χ0n) is 9.34. The lowest BCUT2D eigenvalue weighted by molar-refractivity contribution is 0.387. The molecule has 96 valence electrons. The van der Waals surface area contributed by atoms with Gasteiger partial charge in [-0.05, 0) is 13.8 Å². The van der Waals surface area contributed by atoms with E-state index in [1.165, 1.54) is 6.92 Å². The number of hydrogen-bond acceptors (Lipinski definition) is 5. The normalized spacial score (nSPS) is 11.7. The first-order valence-electron chi connectivity index (χ1n) is 4.78. The van der Waals surface area contributed by atoms with Crippen molar-refractivity contribution in [2.45, 2.75) is 26.1 Å². The number of nitrogens with zero attached hydrogens (tertiary/aromatic N) is 1. The third-order valence-corrected chi connectivity index (χ3v) is 3.08. The molecular formula is C9H13NO6S. The van der Waals surface area contributed by atoms with E-state index >= 15 is 0 Å². The highest BCUT2D eigenvalue weighted by Gasteiger charge is 2.21. The van der Waals surface area contributed by atoms with Crippen molar-refractivity contribution >= 4 is 10.1 Å². The van der Waals surface area contributed by atoms with Crippen LogP contribution in [0, 0.1) is 6.92 Å². The molecule has 0 fully saturated rings. The summed E-state index contributed by atoms with van der Waals surface area (Å²) in [6, 6.07) is 0. The van der Waals surface area contributed by atoms with Gasteiger partial charge in [0.15, 0.2) is 11.6 Å². The maximum absolute atomic E-state index is 11.5. The van der Waals surface area contributed by atoms with E-state index in [9.17, 15) is 23.4 Å². The maximum Gasteiger partial charge on any atom is 0.295 e. The Morgan fingerprint density at radius 2 is 1.82 bits per heavy atom. The smallest absolute Gasteiger partial charge is 0.295 e. The molecule has 17 heavy (non-hydrogen) atoms. The van der Waals surface area contributed by atoms with Crippen molar-refractivity contribution in [3.63, 3.8) is 0 Å². The van der Waals surface area contributed by atoms with Crippen LogP contribution in [0.15, 0.2) is 4.79 Å². The highest BCUT2D eigenvalue weighted by Crippen LogP contribution is 2.26. The summed E-state index contributed by atoms with van der Waals surface area (Å²) in [6.07, 6.45) is 0. The van der Waals surface area contributed by atoms with Crippen molar-refractivity contribution in [2.75, 3.05) is 0 Å². The van der Waals surface area contributed by atoms with Gasteiger partial charge in [-0.3, -0.25) is 13.9 Å². The van der Waals surface area contributed by atoms with Crippen LogP contribution in [0.25, 0.3) is 0 Å². The van der Waals surface area contributed by atoms with Crippen LogP contribution in [0.1, 0.15) is 18.1 Å². The predicted octanol–water partition coefficient (Wildman–Crippen LogP) is -0.0244. The van der Waals surface area contributed by atoms with Crippen LogP contribution in [-0.4, -0.2) is 27.8 Å². The largest absolute Gasteiger partial charge is 0.503 e. The van der Waals surface area contributed by atoms with Gasteiger partial charge in [0.2, 0.25) is 0 Å². The Kier molecular flexibility index (Phi) is 3.48. The SMILES string of the molecule is CCn1c(O)c(CS(=O)(=O)O)c(C)c(O)c1=O. The standard InChI is InChI=1S/C9H13NO6S/c1-3-10-8(12)6(4-17(14,15)16)5(2)7(11)9(10)13/h11-12H,3-4H2,1-2H3,(H,14,15,16). The van der Waals surface area contributed by atoms with E-state index in [0.717, 1.165) is 4.57 Å². The molecule has 0 atom stereocenters. The Morgan fingerprint density at radius 3 is 2.24 bits per heavy atom. The second-order valence-electron chi connectivity index (χ2n) is 3.55. The summed E-state index contributed by atoms with van der Waals surface area (Å²) < 4.78 is 31.1. The molecule has 0 aliphatic heterocycles. The molecular weight excluding hydrogens is 250 g/mol. The Hall–Kier alpha value is -1.54. The van der Waals surface area contributed by atoms with Gasteiger partial charge < -0.3 is 10.2 Å². The first kappa shape index (κ1) is 13.5. The molecule has 1 rings (SSSR count). The molecule has 0 aliphatic rings. The van der Waals surface area contributed by atoms with Gasteiger partial charge in [-0.25, -0.2) is 0 Å². The minimum atomic E-state index is -4.36. The zero-order valence-corrected chi connectivity index (χ0v) is 10.2. The summed E-state index contributed by atoms with van der Waals surface area (Å²) in [5.74, 6) is -2.06. The molecule has 0 amide bonds. The summed E-state index contributed by atoms with van der Waals surface area (Å²) in [6.45, 7) is 2.90. The van der Waals surface area contributed by atoms with E-state index in [0.29, 0.717) is 0 Å². The zero-order chi connectivity index (χ0) is 13.4. The third kappa shape index (κ3) is 2.59. The van der Waals surface area contributed by atoms with Crippen molar-refractivity contribution in [3.05, 3.63) is 21.5 Å². The van der Waals surface area contributed by atoms with Crippen molar-refractivity contribution in [3.8, 4) is 11.6 Å². The number of aromatic nitrogens is 1. The summed E-state index contributed by atoms with van der Waals surface area (Å²) >= 11 is 0. The van der Waals surface area contributed by atoms with Crippen LogP contribution in [0.3, 0.4) is 0 Å². The quantitative estimate of drug-likeness (QED) is 0.659. The molecule has 0 spiro atoms. The van der Waals surface area contributed by atoms with E-state index < -0.39 is 33.1 Å². The fraction of sp³-hybridized carbons (Fsp3) is 0.444. The average molecular weight is 263 g/mol. The topological polar surface area (TPSA) is 117 Å². The summed E-state index contributed by atoms with van der Waals surface area (Å²) in [4.78, 5) is 11.5. The van der Waals surface area contributed by atoms with Gasteiger partial charge in [0, 0.05) is 17.7 Å². The summed E-state index contributed by atoms with van der Waals surface area (Å²) in [5, 5.41) is 19.2. The van der Waals surface area contributed by atoms with E-state index in [1.54, 1.807) is 6.92 Å². The Morgan fingerprint density at radius 1 is 1.29 bits per heavy atom. The lowest BCUT2D eigenvalue weighted by atomic mass is 10.1. The predicted molar refractivity (Wildman–Crippen MR) is 59.7 cm³/mol. The molecule has 0 saturated heterocycles. The lowest BCUT2D eigenvalue weighted by Gasteiger charge is -2.13. The molecule has 0 aromatic carbocycles. The molecule has 1 aromatic heterocycles. The minimum absolute atomic E-state index is 0.0603. The first-order valence-corrected chi connectivity index (χ1v) is 6.39. The van der Waals surface area contributed by atoms with E-state index in [-0.39, 0.29) is 17.7 Å². The fourth-order valence-corrected chi connectivity index (χ4v) is 2.22. The van der Waals surface area contributed by atoms with Crippen molar-refractivity contribution < 1.29 is 23.2 Å². The molecule has 0 bridgehead atoms. The third-order valence-electron chi connectivity index (χ3n) is 2.42. The Labute approximate surface area is 97.7 Å². The molecule has 0 aliphatic carbocycles. The van der Waals surface area contributed by atoms with Gasteiger partial charge in [-0.2, -0.15) is 8.42 Å². The van der Waals surface area contributed by atoms with Gasteiger partial charge in [-0.1, -0.05) is 0 Å². The second-order valence-corrected chi connectivity index (χ2v) is 5.00. The van der Waals surface area contributed by atoms with Crippen LogP contribution >= 0.6 is 0 Å². The molecule has 1 heterocycles. The van der Waals surface area contributed by atoms with Gasteiger partial charge in [0.25, 0.3) is 15.7 Å². The highest BCUT2D eigenvalue weighted by molar-refractivity contribution is 7.85. The van der Waals surface area contributed by atoms with Crippen molar-refractivity contribution in [1.29, 1.82) is 0 Å². The van der Waals surface area contributed by atoms with Crippen LogP contribution in [0.5, 0.6) is 11.6 Å². The summed E-state index contributed by atoms with van der Waals surface area (Å²) in [5.41, 5.74) is -1.05. The van der Waals surface area contributed by atoms with Gasteiger partial charge in [0.1, 0.15) is 5.75 Å². The fourth-order valence-electron chi connectivity index (χ4n) is 1.51. The maximum atomic E-state index is 11.5. The molecule has 1 aromatic rings. The number of hydrogen-bond donors (Lipinski definition) is 3. The van der Waals surface area contributed by atoms with Crippen molar-refractivity contribution in [1.82, 2.24) is 4.57 Å². The molecule has 0 unspecified atom stereocenters. The molecule has 0 radical (unpaired) electrons. The van der Waals surface area contributed by atoms with E-state index in [1.807, 2.05) is 0 Å². The molecule has 8 heteroatoms. The molecule has 3 N–H and O–H groups in total. The lowest BCUT2D eigenvalue weighted by Crippen LogP contribution is -2.22. The van der Waals surface area contributed by atoms with Gasteiger partial charge in [-0.15, -0.1) is 0 Å². The Bertz CT molecular complexity index is 601. The summed E-state index contributed by atoms with van der Waals surface area (Å²) in [7, 11) is -4.36. The first-order chi connectivity index (χ1) is 7.69. The molecule has 0 saturated carbocycles. The highest BCUT2D eigenvalue weighted by atomic mass is 32.2. The minimum Gasteiger partial charge on any atom is -0.503 e. The Balaban J connectivity index is 3.62. The van der Waals surface area contributed by atoms with Crippen LogP contribution in [0.2, 0.25) is 0 Å². The number of aromatic hydroxyl groups is 2. The van der Waals surface area contributed by atoms with E-state index in [4.69, 9.17) is 4.55 Å². The number of pyridine rings is 1. The van der Waals surface area contributed by atoms with Crippen LogP contribution < -0.4 is 5.56 Å². The van der Waals surface area contributed by atoms with Gasteiger partial charge in [0.05, 0.1) is 0 Å². The monoisotopic (exact) mass is 263 g/mol. The van der Waals surface area contributed by atoms with E-state index in [2.05, 4.69) is 0 Å². The van der Waals surface area contributed by atoms with Crippen molar-refractivity contribution in [2.24, 2.45) is 0 Å². The molecule has 7 nitrogen and oxygen atoms in total. The van der Waals surface area contributed by atoms with Gasteiger partial charge >= 0.3 is 0 Å². The van der Waals surface area contributed by atoms with Crippen LogP contribution in [0.4, 0.5) is 0 Å². The second kappa shape index (κ2) is 4.38. The average Bonchev–Trinajstić information content (AvgIpc) is 2.21. The van der Waals surface area contributed by atoms with Crippen LogP contribution in [-0.2, 0) is 22.4 Å².